The SMILES string of the molecule is CC(C)n1ccnc1-n1c(=O)ncc2cccnc21. The third-order valence-electron chi connectivity index (χ3n) is 2.94. The van der Waals surface area contributed by atoms with E-state index in [-0.39, 0.29) is 11.7 Å². The molecule has 6 nitrogen and oxygen atoms in total. The summed E-state index contributed by atoms with van der Waals surface area (Å²) < 4.78 is 3.35. The van der Waals surface area contributed by atoms with E-state index in [1.54, 1.807) is 12.4 Å². The summed E-state index contributed by atoms with van der Waals surface area (Å²) in [6.07, 6.45) is 6.70. The quantitative estimate of drug-likeness (QED) is 0.697. The minimum atomic E-state index is -0.376. The van der Waals surface area contributed by atoms with Gasteiger partial charge < -0.3 is 4.57 Å². The van der Waals surface area contributed by atoms with E-state index in [1.807, 2.05) is 36.7 Å². The van der Waals surface area contributed by atoms with Crippen molar-refractivity contribution >= 4 is 11.0 Å². The Bertz CT molecular complexity index is 787. The van der Waals surface area contributed by atoms with Gasteiger partial charge in [-0.25, -0.2) is 24.3 Å². The molecule has 0 aliphatic carbocycles. The van der Waals surface area contributed by atoms with Gasteiger partial charge in [0.05, 0.1) is 0 Å². The fraction of sp³-hybridized carbons (Fsp3) is 0.231. The van der Waals surface area contributed by atoms with E-state index < -0.39 is 0 Å². The van der Waals surface area contributed by atoms with Crippen LogP contribution in [0.1, 0.15) is 19.9 Å². The molecule has 19 heavy (non-hydrogen) atoms. The van der Waals surface area contributed by atoms with Crippen LogP contribution in [0.2, 0.25) is 0 Å². The molecule has 96 valence electrons. The van der Waals surface area contributed by atoms with Gasteiger partial charge in [0, 0.05) is 36.2 Å². The molecule has 0 atom stereocenters. The summed E-state index contributed by atoms with van der Waals surface area (Å²) in [5.74, 6) is 0.539. The average Bonchev–Trinajstić information content (AvgIpc) is 2.87. The fourth-order valence-corrected chi connectivity index (χ4v) is 2.03. The van der Waals surface area contributed by atoms with Gasteiger partial charge in [0.1, 0.15) is 0 Å². The molecule has 3 aromatic heterocycles. The number of nitrogens with zero attached hydrogens (tertiary/aromatic N) is 5. The Morgan fingerprint density at radius 3 is 2.79 bits per heavy atom. The lowest BCUT2D eigenvalue weighted by Gasteiger charge is -2.13. The van der Waals surface area contributed by atoms with Gasteiger partial charge >= 0.3 is 5.69 Å². The first-order valence-electron chi connectivity index (χ1n) is 6.04. The molecular formula is C13H13N5O. The van der Waals surface area contributed by atoms with Crippen molar-refractivity contribution in [2.24, 2.45) is 0 Å². The molecule has 0 saturated carbocycles. The van der Waals surface area contributed by atoms with Crippen LogP contribution >= 0.6 is 0 Å². The van der Waals surface area contributed by atoms with Gasteiger partial charge in [0.2, 0.25) is 5.95 Å². The van der Waals surface area contributed by atoms with Crippen molar-refractivity contribution in [1.82, 2.24) is 24.1 Å². The highest BCUT2D eigenvalue weighted by molar-refractivity contribution is 5.74. The van der Waals surface area contributed by atoms with Crippen molar-refractivity contribution in [3.63, 3.8) is 0 Å². The molecule has 0 radical (unpaired) electrons. The molecular weight excluding hydrogens is 242 g/mol. The van der Waals surface area contributed by atoms with Crippen LogP contribution in [0.4, 0.5) is 0 Å². The first-order chi connectivity index (χ1) is 9.18. The highest BCUT2D eigenvalue weighted by atomic mass is 16.1. The standard InChI is InChI=1S/C13H13N5O/c1-9(2)17-7-6-15-12(17)18-11-10(4-3-5-14-11)8-16-13(18)19/h3-9H,1-2H3. The van der Waals surface area contributed by atoms with E-state index in [0.29, 0.717) is 11.6 Å². The highest BCUT2D eigenvalue weighted by Gasteiger charge is 2.13. The third-order valence-corrected chi connectivity index (χ3v) is 2.94. The molecule has 6 heteroatoms. The van der Waals surface area contributed by atoms with Crippen LogP contribution in [0.5, 0.6) is 0 Å². The molecule has 0 amide bonds. The molecule has 3 aromatic rings. The Labute approximate surface area is 109 Å². The van der Waals surface area contributed by atoms with Crippen molar-refractivity contribution in [1.29, 1.82) is 0 Å². The molecule has 0 fully saturated rings. The molecule has 0 N–H and O–H groups in total. The Hall–Kier alpha value is -2.50. The maximum absolute atomic E-state index is 12.1. The smallest absolute Gasteiger partial charge is 0.314 e. The van der Waals surface area contributed by atoms with Gasteiger partial charge in [-0.1, -0.05) is 0 Å². The highest BCUT2D eigenvalue weighted by Crippen LogP contribution is 2.15. The summed E-state index contributed by atoms with van der Waals surface area (Å²) in [4.78, 5) is 24.5. The zero-order valence-corrected chi connectivity index (χ0v) is 10.7. The van der Waals surface area contributed by atoms with Gasteiger partial charge in [-0.2, -0.15) is 0 Å². The van der Waals surface area contributed by atoms with Gasteiger partial charge in [-0.05, 0) is 26.0 Å². The predicted octanol–water partition coefficient (Wildman–Crippen LogP) is 1.56. The molecule has 0 unspecified atom stereocenters. The van der Waals surface area contributed by atoms with Gasteiger partial charge in [-0.15, -0.1) is 0 Å². The van der Waals surface area contributed by atoms with E-state index in [2.05, 4.69) is 15.0 Å². The van der Waals surface area contributed by atoms with Crippen molar-refractivity contribution in [2.75, 3.05) is 0 Å². The molecule has 0 aliphatic heterocycles. The van der Waals surface area contributed by atoms with Crippen molar-refractivity contribution in [3.05, 3.63) is 47.4 Å². The Kier molecular flexibility index (Phi) is 2.63. The molecule has 0 aliphatic rings. The van der Waals surface area contributed by atoms with E-state index in [4.69, 9.17) is 0 Å². The lowest BCUT2D eigenvalue weighted by Crippen LogP contribution is -2.25. The summed E-state index contributed by atoms with van der Waals surface area (Å²) in [6.45, 7) is 4.06. The van der Waals surface area contributed by atoms with Crippen LogP contribution < -0.4 is 5.69 Å². The number of hydrogen-bond donors (Lipinski definition) is 0. The number of fused-ring (bicyclic) bond motifs is 1. The molecule has 3 heterocycles. The molecule has 0 saturated heterocycles. The topological polar surface area (TPSA) is 65.6 Å². The minimum Gasteiger partial charge on any atom is -0.314 e. The van der Waals surface area contributed by atoms with E-state index in [1.165, 1.54) is 10.8 Å². The molecule has 0 aromatic carbocycles. The van der Waals surface area contributed by atoms with Gasteiger partial charge in [0.15, 0.2) is 5.65 Å². The Balaban J connectivity index is 2.39. The Morgan fingerprint density at radius 1 is 1.16 bits per heavy atom. The first-order valence-corrected chi connectivity index (χ1v) is 6.04. The average molecular weight is 255 g/mol. The maximum atomic E-state index is 12.1. The summed E-state index contributed by atoms with van der Waals surface area (Å²) in [6, 6.07) is 3.88. The number of imidazole rings is 1. The van der Waals surface area contributed by atoms with Crippen molar-refractivity contribution in [2.45, 2.75) is 19.9 Å². The fourth-order valence-electron chi connectivity index (χ4n) is 2.03. The summed E-state index contributed by atoms with van der Waals surface area (Å²) >= 11 is 0. The van der Waals surface area contributed by atoms with Gasteiger partial charge in [0.25, 0.3) is 0 Å². The van der Waals surface area contributed by atoms with Crippen LogP contribution in [-0.4, -0.2) is 24.1 Å². The number of pyridine rings is 1. The normalized spacial score (nSPS) is 11.3. The van der Waals surface area contributed by atoms with Crippen molar-refractivity contribution < 1.29 is 0 Å². The van der Waals surface area contributed by atoms with Crippen LogP contribution in [0.15, 0.2) is 41.7 Å². The third kappa shape index (κ3) is 1.81. The second-order valence-corrected chi connectivity index (χ2v) is 4.52. The largest absolute Gasteiger partial charge is 0.356 e. The lowest BCUT2D eigenvalue weighted by molar-refractivity contribution is 0.581. The lowest BCUT2D eigenvalue weighted by atomic mass is 10.3. The summed E-state index contributed by atoms with van der Waals surface area (Å²) in [7, 11) is 0. The summed E-state index contributed by atoms with van der Waals surface area (Å²) in [5.41, 5.74) is 0.190. The second-order valence-electron chi connectivity index (χ2n) is 4.52. The second kappa shape index (κ2) is 4.31. The van der Waals surface area contributed by atoms with E-state index in [9.17, 15) is 4.79 Å². The van der Waals surface area contributed by atoms with Crippen LogP contribution in [-0.2, 0) is 0 Å². The van der Waals surface area contributed by atoms with E-state index in [0.717, 1.165) is 5.39 Å². The molecule has 3 rings (SSSR count). The minimum absolute atomic E-state index is 0.198. The van der Waals surface area contributed by atoms with Crippen LogP contribution in [0, 0.1) is 0 Å². The van der Waals surface area contributed by atoms with Gasteiger partial charge in [-0.3, -0.25) is 0 Å². The monoisotopic (exact) mass is 255 g/mol. The maximum Gasteiger partial charge on any atom is 0.356 e. The predicted molar refractivity (Wildman–Crippen MR) is 71.3 cm³/mol. The zero-order chi connectivity index (χ0) is 13.4. The first kappa shape index (κ1) is 11.6. The number of rotatable bonds is 2. The zero-order valence-electron chi connectivity index (χ0n) is 10.7. The molecule has 0 bridgehead atoms. The van der Waals surface area contributed by atoms with Crippen LogP contribution in [0.25, 0.3) is 17.0 Å². The molecule has 0 spiro atoms. The van der Waals surface area contributed by atoms with Crippen molar-refractivity contribution in [3.8, 4) is 5.95 Å². The Morgan fingerprint density at radius 2 is 2.00 bits per heavy atom. The number of aromatic nitrogens is 5. The number of hydrogen-bond acceptors (Lipinski definition) is 4. The van der Waals surface area contributed by atoms with E-state index >= 15 is 0 Å². The van der Waals surface area contributed by atoms with Crippen LogP contribution in [0.3, 0.4) is 0 Å². The summed E-state index contributed by atoms with van der Waals surface area (Å²) in [5, 5.41) is 0.806.